The number of furan rings is 1. The molecule has 0 bridgehead atoms. The molecule has 2 aromatic heterocycles. The second-order valence-electron chi connectivity index (χ2n) is 7.18. The number of ether oxygens (including phenoxy) is 1. The lowest BCUT2D eigenvalue weighted by Gasteiger charge is -2.06. The fourth-order valence-corrected chi connectivity index (χ4v) is 3.78. The van der Waals surface area contributed by atoms with Gasteiger partial charge in [-0.05, 0) is 60.5 Å². The SMILES string of the molecule is Cc1cc(OCc2ccc(C(=O)Nc3nn(Cc4ccc(Cl)cc4Cl)cc3Cl)o2)ccc1Cl. The zero-order valence-electron chi connectivity index (χ0n) is 17.2. The Kier molecular flexibility index (Phi) is 7.20. The van der Waals surface area contributed by atoms with Gasteiger partial charge in [-0.1, -0.05) is 52.5 Å². The maximum atomic E-state index is 12.6. The van der Waals surface area contributed by atoms with Crippen LogP contribution in [0, 0.1) is 6.92 Å². The lowest BCUT2D eigenvalue weighted by molar-refractivity contribution is 0.0992. The van der Waals surface area contributed by atoms with Gasteiger partial charge < -0.3 is 14.5 Å². The summed E-state index contributed by atoms with van der Waals surface area (Å²) < 4.78 is 12.9. The van der Waals surface area contributed by atoms with Crippen LogP contribution in [0.1, 0.15) is 27.4 Å². The largest absolute Gasteiger partial charge is 0.486 e. The molecule has 33 heavy (non-hydrogen) atoms. The molecule has 4 rings (SSSR count). The van der Waals surface area contributed by atoms with E-state index in [0.29, 0.717) is 33.1 Å². The van der Waals surface area contributed by atoms with E-state index >= 15 is 0 Å². The van der Waals surface area contributed by atoms with E-state index in [1.165, 1.54) is 0 Å². The molecule has 2 heterocycles. The van der Waals surface area contributed by atoms with Gasteiger partial charge in [-0.15, -0.1) is 0 Å². The zero-order chi connectivity index (χ0) is 23.5. The normalized spacial score (nSPS) is 10.9. The van der Waals surface area contributed by atoms with Gasteiger partial charge >= 0.3 is 0 Å². The quantitative estimate of drug-likeness (QED) is 0.276. The van der Waals surface area contributed by atoms with Crippen LogP contribution < -0.4 is 10.1 Å². The van der Waals surface area contributed by atoms with Crippen molar-refractivity contribution in [3.05, 3.63) is 97.5 Å². The fourth-order valence-electron chi connectivity index (χ4n) is 3.00. The van der Waals surface area contributed by atoms with E-state index in [4.69, 9.17) is 55.6 Å². The zero-order valence-corrected chi connectivity index (χ0v) is 20.3. The fraction of sp³-hybridized carbons (Fsp3) is 0.130. The first kappa shape index (κ1) is 23.5. The molecule has 0 aliphatic carbocycles. The summed E-state index contributed by atoms with van der Waals surface area (Å²) in [7, 11) is 0. The molecule has 4 aromatic rings. The van der Waals surface area contributed by atoms with E-state index in [1.54, 1.807) is 53.3 Å². The van der Waals surface area contributed by atoms with Crippen molar-refractivity contribution in [3.8, 4) is 5.75 Å². The molecule has 0 spiro atoms. The van der Waals surface area contributed by atoms with E-state index in [2.05, 4.69) is 10.4 Å². The molecule has 170 valence electrons. The highest BCUT2D eigenvalue weighted by atomic mass is 35.5. The van der Waals surface area contributed by atoms with Crippen LogP contribution in [0.15, 0.2) is 59.1 Å². The minimum Gasteiger partial charge on any atom is -0.486 e. The molecule has 1 N–H and O–H groups in total. The number of hydrogen-bond acceptors (Lipinski definition) is 4. The van der Waals surface area contributed by atoms with E-state index < -0.39 is 5.91 Å². The summed E-state index contributed by atoms with van der Waals surface area (Å²) >= 11 is 24.4. The standard InChI is InChI=1S/C23H17Cl4N3O3/c1-13-8-16(4-6-18(13)25)32-12-17-5-7-21(33-17)23(31)28-22-20(27)11-30(29-22)10-14-2-3-15(24)9-19(14)26/h2-9,11H,10,12H2,1H3,(H,28,29,31). The van der Waals surface area contributed by atoms with Gasteiger partial charge in [-0.3, -0.25) is 9.48 Å². The number of carbonyl (C=O) groups is 1. The first-order valence-electron chi connectivity index (χ1n) is 9.74. The van der Waals surface area contributed by atoms with Crippen LogP contribution in [0.2, 0.25) is 20.1 Å². The summed E-state index contributed by atoms with van der Waals surface area (Å²) in [5, 5.41) is 8.97. The number of amides is 1. The van der Waals surface area contributed by atoms with Gasteiger partial charge in [0.2, 0.25) is 0 Å². The number of carbonyl (C=O) groups excluding carboxylic acids is 1. The van der Waals surface area contributed by atoms with Crippen LogP contribution in [-0.2, 0) is 13.2 Å². The highest BCUT2D eigenvalue weighted by Crippen LogP contribution is 2.25. The number of halogens is 4. The van der Waals surface area contributed by atoms with E-state index in [0.717, 1.165) is 11.1 Å². The molecule has 0 atom stereocenters. The maximum Gasteiger partial charge on any atom is 0.292 e. The Labute approximate surface area is 210 Å². The number of hydrogen-bond donors (Lipinski definition) is 1. The molecule has 10 heteroatoms. The number of rotatable bonds is 7. The van der Waals surface area contributed by atoms with Crippen LogP contribution >= 0.6 is 46.4 Å². The molecule has 0 saturated carbocycles. The van der Waals surface area contributed by atoms with Crippen molar-refractivity contribution in [1.82, 2.24) is 9.78 Å². The predicted octanol–water partition coefficient (Wildman–Crippen LogP) is 7.28. The van der Waals surface area contributed by atoms with Crippen LogP contribution in [0.3, 0.4) is 0 Å². The first-order chi connectivity index (χ1) is 15.8. The average Bonchev–Trinajstić information content (AvgIpc) is 3.38. The second kappa shape index (κ2) is 10.1. The second-order valence-corrected chi connectivity index (χ2v) is 8.84. The monoisotopic (exact) mass is 523 g/mol. The van der Waals surface area contributed by atoms with Crippen LogP contribution in [-0.4, -0.2) is 15.7 Å². The maximum absolute atomic E-state index is 12.6. The molecule has 0 fully saturated rings. The summed E-state index contributed by atoms with van der Waals surface area (Å²) in [5.74, 6) is 0.962. The molecule has 1 amide bonds. The number of aromatic nitrogens is 2. The Bertz CT molecular complexity index is 1320. The number of benzene rings is 2. The van der Waals surface area contributed by atoms with Crippen LogP contribution in [0.4, 0.5) is 5.82 Å². The van der Waals surface area contributed by atoms with Crippen molar-refractivity contribution < 1.29 is 13.9 Å². The molecule has 0 aliphatic heterocycles. The molecule has 0 saturated heterocycles. The van der Waals surface area contributed by atoms with Crippen molar-refractivity contribution in [2.45, 2.75) is 20.1 Å². The molecular weight excluding hydrogens is 508 g/mol. The summed E-state index contributed by atoms with van der Waals surface area (Å²) in [6.07, 6.45) is 1.59. The van der Waals surface area contributed by atoms with Crippen molar-refractivity contribution in [1.29, 1.82) is 0 Å². The lowest BCUT2D eigenvalue weighted by Crippen LogP contribution is -2.12. The molecule has 0 radical (unpaired) electrons. The van der Waals surface area contributed by atoms with E-state index in [-0.39, 0.29) is 23.2 Å². The van der Waals surface area contributed by atoms with E-state index in [1.807, 2.05) is 13.0 Å². The van der Waals surface area contributed by atoms with Gasteiger partial charge in [-0.25, -0.2) is 0 Å². The van der Waals surface area contributed by atoms with Crippen LogP contribution in [0.25, 0.3) is 0 Å². The van der Waals surface area contributed by atoms with E-state index in [9.17, 15) is 4.79 Å². The Balaban J connectivity index is 1.38. The average molecular weight is 525 g/mol. The molecule has 0 unspecified atom stereocenters. The van der Waals surface area contributed by atoms with Crippen molar-refractivity contribution >= 4 is 58.1 Å². The predicted molar refractivity (Wildman–Crippen MR) is 130 cm³/mol. The Morgan fingerprint density at radius 2 is 1.85 bits per heavy atom. The minimum atomic E-state index is -0.486. The third kappa shape index (κ3) is 5.84. The highest BCUT2D eigenvalue weighted by molar-refractivity contribution is 6.35. The number of nitrogens with one attached hydrogen (secondary N) is 1. The number of aryl methyl sites for hydroxylation is 1. The van der Waals surface area contributed by atoms with Gasteiger partial charge in [0, 0.05) is 21.3 Å². The van der Waals surface area contributed by atoms with Crippen molar-refractivity contribution in [3.63, 3.8) is 0 Å². The molecule has 6 nitrogen and oxygen atoms in total. The van der Waals surface area contributed by atoms with Crippen LogP contribution in [0.5, 0.6) is 5.75 Å². The smallest absolute Gasteiger partial charge is 0.292 e. The molecular formula is C23H17Cl4N3O3. The molecule has 0 aliphatic rings. The van der Waals surface area contributed by atoms with Gasteiger partial charge in [-0.2, -0.15) is 5.10 Å². The van der Waals surface area contributed by atoms with Gasteiger partial charge in [0.05, 0.1) is 6.54 Å². The number of nitrogens with zero attached hydrogens (tertiary/aromatic N) is 2. The summed E-state index contributed by atoms with van der Waals surface area (Å²) in [6.45, 7) is 2.41. The highest BCUT2D eigenvalue weighted by Gasteiger charge is 2.16. The lowest BCUT2D eigenvalue weighted by atomic mass is 10.2. The topological polar surface area (TPSA) is 69.3 Å². The minimum absolute atomic E-state index is 0.104. The van der Waals surface area contributed by atoms with Gasteiger partial charge in [0.1, 0.15) is 23.1 Å². The Hall–Kier alpha value is -2.64. The third-order valence-electron chi connectivity index (χ3n) is 4.69. The first-order valence-corrected chi connectivity index (χ1v) is 11.3. The summed E-state index contributed by atoms with van der Waals surface area (Å²) in [6, 6.07) is 13.8. The van der Waals surface area contributed by atoms with Crippen molar-refractivity contribution in [2.75, 3.05) is 5.32 Å². The number of anilines is 1. The van der Waals surface area contributed by atoms with Gasteiger partial charge in [0.25, 0.3) is 5.91 Å². The third-order valence-corrected chi connectivity index (χ3v) is 5.98. The Morgan fingerprint density at radius 1 is 1.03 bits per heavy atom. The Morgan fingerprint density at radius 3 is 2.61 bits per heavy atom. The summed E-state index contributed by atoms with van der Waals surface area (Å²) in [5.41, 5.74) is 1.72. The van der Waals surface area contributed by atoms with Crippen molar-refractivity contribution in [2.24, 2.45) is 0 Å². The van der Waals surface area contributed by atoms with Gasteiger partial charge in [0.15, 0.2) is 11.6 Å². The summed E-state index contributed by atoms with van der Waals surface area (Å²) in [4.78, 5) is 12.6. The molecule has 2 aromatic carbocycles.